The molecule has 0 bridgehead atoms. The van der Waals surface area contributed by atoms with Crippen LogP contribution in [0.4, 0.5) is 0 Å². The van der Waals surface area contributed by atoms with E-state index in [9.17, 15) is 0 Å². The van der Waals surface area contributed by atoms with E-state index in [-0.39, 0.29) is 0 Å². The molecule has 13 rings (SSSR count). The molecule has 12 aromatic rings. The first-order valence-electron chi connectivity index (χ1n) is 20.4. The Morgan fingerprint density at radius 1 is 0.450 bits per heavy atom. The van der Waals surface area contributed by atoms with Crippen molar-refractivity contribution in [3.8, 4) is 5.69 Å². The Kier molecular flexibility index (Phi) is 7.01. The summed E-state index contributed by atoms with van der Waals surface area (Å²) >= 11 is 0. The van der Waals surface area contributed by atoms with E-state index < -0.39 is 6.17 Å². The Bertz CT molecular complexity index is 3820. The van der Waals surface area contributed by atoms with E-state index in [1.165, 1.54) is 37.7 Å². The maximum absolute atomic E-state index is 6.84. The molecule has 0 spiro atoms. The van der Waals surface area contributed by atoms with Gasteiger partial charge in [-0.2, -0.15) is 0 Å². The van der Waals surface area contributed by atoms with Crippen LogP contribution in [0.15, 0.2) is 209 Å². The smallest absolute Gasteiger partial charge is 0.159 e. The predicted molar refractivity (Wildman–Crippen MR) is 250 cm³/mol. The van der Waals surface area contributed by atoms with Crippen molar-refractivity contribution in [1.29, 1.82) is 0 Å². The molecule has 1 aliphatic heterocycles. The standard InChI is InChI=1S/C55H34N4O/c1-2-16-35-31-49-45(28-34(35)15-1)42-23-9-11-26-48(42)59(49)50-32-37(30-46-43-24-10-12-27-51(43)60-52(46)50)53-56-54(44-25-13-18-33-14-3-5-19-38(33)44)58-55(57-53)47-29-36-17-4-6-20-39(36)40-21-7-8-22-41(40)47/h1-32,54H,(H,56,57,58). The highest BCUT2D eigenvalue weighted by atomic mass is 16.3. The minimum Gasteiger partial charge on any atom is -0.454 e. The van der Waals surface area contributed by atoms with Gasteiger partial charge >= 0.3 is 0 Å². The lowest BCUT2D eigenvalue weighted by Gasteiger charge is -2.26. The minimum absolute atomic E-state index is 0.413. The molecule has 5 nitrogen and oxygen atoms in total. The van der Waals surface area contributed by atoms with Crippen molar-refractivity contribution in [2.24, 2.45) is 9.98 Å². The topological polar surface area (TPSA) is 54.8 Å². The van der Waals surface area contributed by atoms with Crippen LogP contribution >= 0.6 is 0 Å². The van der Waals surface area contributed by atoms with E-state index in [2.05, 4.69) is 198 Å². The molecule has 60 heavy (non-hydrogen) atoms. The fourth-order valence-electron chi connectivity index (χ4n) is 9.63. The van der Waals surface area contributed by atoms with Crippen LogP contribution in [0.3, 0.4) is 0 Å². The number of nitrogens with one attached hydrogen (secondary N) is 1. The zero-order valence-corrected chi connectivity index (χ0v) is 32.3. The normalized spacial score (nSPS) is 14.5. The molecule has 5 heteroatoms. The molecule has 0 saturated heterocycles. The minimum atomic E-state index is -0.413. The Morgan fingerprint density at radius 2 is 1.10 bits per heavy atom. The second-order valence-electron chi connectivity index (χ2n) is 15.8. The number of nitrogens with zero attached hydrogens (tertiary/aromatic N) is 3. The van der Waals surface area contributed by atoms with Crippen molar-refractivity contribution in [1.82, 2.24) is 9.88 Å². The van der Waals surface area contributed by atoms with Crippen LogP contribution in [-0.2, 0) is 0 Å². The van der Waals surface area contributed by atoms with Crippen molar-refractivity contribution in [2.45, 2.75) is 6.17 Å². The van der Waals surface area contributed by atoms with Gasteiger partial charge in [0.25, 0.3) is 0 Å². The second-order valence-corrected chi connectivity index (χ2v) is 15.8. The van der Waals surface area contributed by atoms with Crippen molar-refractivity contribution in [3.05, 3.63) is 211 Å². The number of para-hydroxylation sites is 2. The molecule has 0 aliphatic carbocycles. The predicted octanol–water partition coefficient (Wildman–Crippen LogP) is 13.8. The molecule has 1 aliphatic rings. The quantitative estimate of drug-likeness (QED) is 0.181. The molecule has 1 unspecified atom stereocenters. The number of aromatic nitrogens is 1. The number of amidine groups is 2. The molecule has 2 aromatic heterocycles. The van der Waals surface area contributed by atoms with Crippen LogP contribution in [0.25, 0.3) is 92.5 Å². The second kappa shape index (κ2) is 12.7. The first-order valence-corrected chi connectivity index (χ1v) is 20.4. The number of hydrogen-bond donors (Lipinski definition) is 1. The number of aliphatic imine (C=N–C) groups is 2. The SMILES string of the molecule is c1ccc2cc3c(cc2c1)c1ccccc1n3-c1cc(C2=NC(c3cccc4ccccc34)NC(c3cc4ccccc4c4ccccc34)=N2)cc2c1oc1ccccc12. The van der Waals surface area contributed by atoms with Gasteiger partial charge in [-0.1, -0.05) is 152 Å². The van der Waals surface area contributed by atoms with Crippen LogP contribution in [0.1, 0.15) is 22.9 Å². The van der Waals surface area contributed by atoms with E-state index in [0.29, 0.717) is 5.84 Å². The summed E-state index contributed by atoms with van der Waals surface area (Å²) in [7, 11) is 0. The van der Waals surface area contributed by atoms with Crippen molar-refractivity contribution < 1.29 is 4.42 Å². The van der Waals surface area contributed by atoms with Crippen LogP contribution in [0.5, 0.6) is 0 Å². The number of rotatable bonds is 4. The van der Waals surface area contributed by atoms with E-state index >= 15 is 0 Å². The first kappa shape index (κ1) is 33.0. The van der Waals surface area contributed by atoms with Gasteiger partial charge in [-0.05, 0) is 85.6 Å². The third-order valence-electron chi connectivity index (χ3n) is 12.4. The molecule has 1 N–H and O–H groups in total. The van der Waals surface area contributed by atoms with Crippen molar-refractivity contribution in [2.75, 3.05) is 0 Å². The summed E-state index contributed by atoms with van der Waals surface area (Å²) in [6, 6.07) is 69.2. The lowest BCUT2D eigenvalue weighted by molar-refractivity contribution is 0.666. The van der Waals surface area contributed by atoms with Crippen LogP contribution in [0.2, 0.25) is 0 Å². The number of furan rings is 1. The molecule has 0 saturated carbocycles. The summed E-state index contributed by atoms with van der Waals surface area (Å²) in [6.07, 6.45) is -0.413. The first-order chi connectivity index (χ1) is 29.7. The van der Waals surface area contributed by atoms with Crippen LogP contribution in [0, 0.1) is 0 Å². The molecular formula is C55H34N4O. The van der Waals surface area contributed by atoms with Gasteiger partial charge in [-0.3, -0.25) is 0 Å². The van der Waals surface area contributed by atoms with Gasteiger partial charge < -0.3 is 14.3 Å². The average molecular weight is 767 g/mol. The summed E-state index contributed by atoms with van der Waals surface area (Å²) in [5, 5.41) is 17.7. The number of fused-ring (bicyclic) bond motifs is 11. The Hall–Kier alpha value is -8.02. The lowest BCUT2D eigenvalue weighted by atomic mass is 9.96. The molecule has 0 amide bonds. The van der Waals surface area contributed by atoms with E-state index in [1.807, 2.05) is 6.07 Å². The molecule has 10 aromatic carbocycles. The average Bonchev–Trinajstić information content (AvgIpc) is 3.85. The van der Waals surface area contributed by atoms with Gasteiger partial charge in [-0.25, -0.2) is 9.98 Å². The summed E-state index contributed by atoms with van der Waals surface area (Å²) in [5.74, 6) is 1.43. The molecule has 0 fully saturated rings. The molecule has 1 atom stereocenters. The van der Waals surface area contributed by atoms with Crippen LogP contribution in [-0.4, -0.2) is 16.2 Å². The Balaban J connectivity index is 1.12. The van der Waals surface area contributed by atoms with Crippen molar-refractivity contribution >= 4 is 98.5 Å². The van der Waals surface area contributed by atoms with Gasteiger partial charge in [0.1, 0.15) is 17.6 Å². The lowest BCUT2D eigenvalue weighted by Crippen LogP contribution is -2.34. The van der Waals surface area contributed by atoms with E-state index in [4.69, 9.17) is 14.4 Å². The van der Waals surface area contributed by atoms with Gasteiger partial charge in [0.2, 0.25) is 0 Å². The zero-order valence-electron chi connectivity index (χ0n) is 32.3. The third-order valence-corrected chi connectivity index (χ3v) is 12.4. The van der Waals surface area contributed by atoms with E-state index in [0.717, 1.165) is 77.3 Å². The molecular weight excluding hydrogens is 733 g/mol. The summed E-state index contributed by atoms with van der Waals surface area (Å²) in [6.45, 7) is 0. The molecule has 3 heterocycles. The summed E-state index contributed by atoms with van der Waals surface area (Å²) in [4.78, 5) is 11.0. The monoisotopic (exact) mass is 766 g/mol. The van der Waals surface area contributed by atoms with Gasteiger partial charge in [0.15, 0.2) is 11.4 Å². The fourth-order valence-corrected chi connectivity index (χ4v) is 9.63. The maximum Gasteiger partial charge on any atom is 0.159 e. The number of benzene rings is 10. The van der Waals surface area contributed by atoms with Crippen LogP contribution < -0.4 is 5.32 Å². The van der Waals surface area contributed by atoms with Crippen molar-refractivity contribution in [3.63, 3.8) is 0 Å². The van der Waals surface area contributed by atoms with Gasteiger partial charge in [0.05, 0.1) is 16.7 Å². The highest BCUT2D eigenvalue weighted by Crippen LogP contribution is 2.41. The summed E-state index contributed by atoms with van der Waals surface area (Å²) < 4.78 is 9.22. The largest absolute Gasteiger partial charge is 0.454 e. The maximum atomic E-state index is 6.84. The highest BCUT2D eigenvalue weighted by Gasteiger charge is 2.26. The molecule has 280 valence electrons. The van der Waals surface area contributed by atoms with E-state index in [1.54, 1.807) is 0 Å². The summed E-state index contributed by atoms with van der Waals surface area (Å²) in [5.41, 5.74) is 7.85. The Morgan fingerprint density at radius 3 is 1.95 bits per heavy atom. The Labute approximate surface area is 344 Å². The fraction of sp³-hybridized carbons (Fsp3) is 0.0182. The highest BCUT2D eigenvalue weighted by molar-refractivity contribution is 6.23. The zero-order chi connectivity index (χ0) is 39.3. The van der Waals surface area contributed by atoms with Gasteiger partial charge in [-0.15, -0.1) is 0 Å². The third kappa shape index (κ3) is 4.93. The molecule has 0 radical (unpaired) electrons. The number of hydrogen-bond acceptors (Lipinski definition) is 4. The van der Waals surface area contributed by atoms with Gasteiger partial charge in [0, 0.05) is 38.2 Å².